The van der Waals surface area contributed by atoms with Gasteiger partial charge in [-0.1, -0.05) is 0 Å². The third kappa shape index (κ3) is 1.84. The van der Waals surface area contributed by atoms with Crippen molar-refractivity contribution in [3.05, 3.63) is 22.5 Å². The highest BCUT2D eigenvalue weighted by Crippen LogP contribution is 2.30. The van der Waals surface area contributed by atoms with E-state index in [1.807, 2.05) is 0 Å². The predicted octanol–water partition coefficient (Wildman–Crippen LogP) is -0.921. The van der Waals surface area contributed by atoms with Gasteiger partial charge < -0.3 is 14.9 Å². The smallest absolute Gasteiger partial charge is 0.281 e. The van der Waals surface area contributed by atoms with Crippen LogP contribution >= 0.6 is 0 Å². The second kappa shape index (κ2) is 4.65. The zero-order chi connectivity index (χ0) is 14.4. The number of imidazole rings is 1. The fourth-order valence-corrected chi connectivity index (χ4v) is 2.41. The van der Waals surface area contributed by atoms with Crippen LogP contribution in [0, 0.1) is 6.92 Å². The van der Waals surface area contributed by atoms with Gasteiger partial charge in [0.15, 0.2) is 11.2 Å². The van der Waals surface area contributed by atoms with E-state index in [9.17, 15) is 9.90 Å². The van der Waals surface area contributed by atoms with Crippen LogP contribution in [-0.2, 0) is 11.8 Å². The Morgan fingerprint density at radius 2 is 2.30 bits per heavy atom. The summed E-state index contributed by atoms with van der Waals surface area (Å²) >= 11 is 0. The van der Waals surface area contributed by atoms with Crippen LogP contribution in [0.15, 0.2) is 11.1 Å². The van der Waals surface area contributed by atoms with Crippen molar-refractivity contribution in [2.24, 2.45) is 7.05 Å². The number of fused-ring (bicyclic) bond motifs is 1. The summed E-state index contributed by atoms with van der Waals surface area (Å²) in [6.07, 6.45) is -0.0335. The molecule has 0 aliphatic carbocycles. The second-order valence-electron chi connectivity index (χ2n) is 4.96. The average Bonchev–Trinajstić information content (AvgIpc) is 2.99. The Labute approximate surface area is 114 Å². The maximum Gasteiger partial charge on any atom is 0.281 e. The van der Waals surface area contributed by atoms with Gasteiger partial charge in [0.05, 0.1) is 19.0 Å². The summed E-state index contributed by atoms with van der Waals surface area (Å²) in [7, 11) is 1.64. The number of aromatic nitrogens is 4. The maximum absolute atomic E-state index is 12.1. The van der Waals surface area contributed by atoms with Gasteiger partial charge in [-0.3, -0.25) is 13.9 Å². The molecule has 20 heavy (non-hydrogen) atoms. The van der Waals surface area contributed by atoms with Crippen LogP contribution in [0.2, 0.25) is 0 Å². The first-order valence-corrected chi connectivity index (χ1v) is 6.37. The summed E-state index contributed by atoms with van der Waals surface area (Å²) < 4.78 is 8.62. The number of aliphatic hydroxyl groups is 2. The van der Waals surface area contributed by atoms with E-state index in [2.05, 4.69) is 9.97 Å². The summed E-state index contributed by atoms with van der Waals surface area (Å²) in [6, 6.07) is 0. The molecule has 3 rings (SSSR count). The molecule has 2 aromatic rings. The normalized spacial score (nSPS) is 26.5. The molecule has 3 heterocycles. The molecular formula is C12H16N4O4. The van der Waals surface area contributed by atoms with E-state index in [0.29, 0.717) is 17.9 Å². The number of aryl methyl sites for hydroxylation is 1. The molecule has 0 bridgehead atoms. The summed E-state index contributed by atoms with van der Waals surface area (Å²) in [5.74, 6) is 0.571. The van der Waals surface area contributed by atoms with Gasteiger partial charge in [0.25, 0.3) is 5.56 Å². The van der Waals surface area contributed by atoms with Crippen LogP contribution in [-0.4, -0.2) is 48.1 Å². The Hall–Kier alpha value is -1.77. The van der Waals surface area contributed by atoms with E-state index >= 15 is 0 Å². The molecule has 0 saturated carbocycles. The lowest BCUT2D eigenvalue weighted by molar-refractivity contribution is -0.0432. The first-order valence-electron chi connectivity index (χ1n) is 6.37. The molecule has 0 aromatic carbocycles. The highest BCUT2D eigenvalue weighted by atomic mass is 16.5. The Bertz CT molecular complexity index is 707. The van der Waals surface area contributed by atoms with Gasteiger partial charge in [0.1, 0.15) is 18.2 Å². The molecule has 1 saturated heterocycles. The molecule has 0 unspecified atom stereocenters. The van der Waals surface area contributed by atoms with Crippen molar-refractivity contribution >= 4 is 11.2 Å². The van der Waals surface area contributed by atoms with Crippen LogP contribution in [0.1, 0.15) is 18.5 Å². The Kier molecular flexibility index (Phi) is 3.08. The molecule has 1 aliphatic rings. The Morgan fingerprint density at radius 1 is 1.55 bits per heavy atom. The minimum atomic E-state index is -0.741. The number of ether oxygens (including phenoxy) is 1. The summed E-state index contributed by atoms with van der Waals surface area (Å²) in [4.78, 5) is 20.5. The van der Waals surface area contributed by atoms with E-state index in [4.69, 9.17) is 9.84 Å². The topological polar surface area (TPSA) is 102 Å². The van der Waals surface area contributed by atoms with Gasteiger partial charge in [-0.15, -0.1) is 0 Å². The second-order valence-corrected chi connectivity index (χ2v) is 4.96. The number of nitrogens with zero attached hydrogens (tertiary/aromatic N) is 4. The Balaban J connectivity index is 2.08. The first kappa shape index (κ1) is 13.2. The summed E-state index contributed by atoms with van der Waals surface area (Å²) in [5, 5.41) is 18.9. The SMILES string of the molecule is Cc1nc2c(ncn2[C@H]2C[C@@H](O)[C@@H](CO)O2)c(=O)n1C. The molecule has 1 fully saturated rings. The number of rotatable bonds is 2. The molecule has 108 valence electrons. The first-order chi connectivity index (χ1) is 9.52. The minimum Gasteiger partial charge on any atom is -0.394 e. The highest BCUT2D eigenvalue weighted by molar-refractivity contribution is 5.69. The monoisotopic (exact) mass is 280 g/mol. The minimum absolute atomic E-state index is 0.219. The van der Waals surface area contributed by atoms with Crippen molar-refractivity contribution in [3.8, 4) is 0 Å². The van der Waals surface area contributed by atoms with Crippen LogP contribution < -0.4 is 5.56 Å². The van der Waals surface area contributed by atoms with E-state index in [1.165, 1.54) is 10.9 Å². The molecule has 0 spiro atoms. The van der Waals surface area contributed by atoms with Gasteiger partial charge in [0, 0.05) is 13.5 Å². The largest absolute Gasteiger partial charge is 0.394 e. The quantitative estimate of drug-likeness (QED) is 0.737. The van der Waals surface area contributed by atoms with E-state index in [1.54, 1.807) is 18.5 Å². The van der Waals surface area contributed by atoms with Crippen LogP contribution in [0.25, 0.3) is 11.2 Å². The maximum atomic E-state index is 12.1. The number of hydrogen-bond acceptors (Lipinski definition) is 6. The third-order valence-corrected chi connectivity index (χ3v) is 3.72. The summed E-state index contributed by atoms with van der Waals surface area (Å²) in [5.41, 5.74) is 0.480. The van der Waals surface area contributed by atoms with Gasteiger partial charge in [-0.05, 0) is 6.92 Å². The highest BCUT2D eigenvalue weighted by Gasteiger charge is 2.35. The zero-order valence-electron chi connectivity index (χ0n) is 11.2. The van der Waals surface area contributed by atoms with Crippen molar-refractivity contribution in [2.75, 3.05) is 6.61 Å². The van der Waals surface area contributed by atoms with Crippen LogP contribution in [0.3, 0.4) is 0 Å². The van der Waals surface area contributed by atoms with Crippen molar-refractivity contribution in [2.45, 2.75) is 31.8 Å². The van der Waals surface area contributed by atoms with Crippen LogP contribution in [0.5, 0.6) is 0 Å². The lowest BCUT2D eigenvalue weighted by Gasteiger charge is -2.14. The van der Waals surface area contributed by atoms with E-state index < -0.39 is 18.4 Å². The molecule has 3 atom stereocenters. The van der Waals surface area contributed by atoms with Crippen molar-refractivity contribution < 1.29 is 14.9 Å². The lowest BCUT2D eigenvalue weighted by Crippen LogP contribution is -2.24. The zero-order valence-corrected chi connectivity index (χ0v) is 11.2. The molecule has 1 aliphatic heterocycles. The Morgan fingerprint density at radius 3 is 2.95 bits per heavy atom. The standard InChI is InChI=1S/C12H16N4O4/c1-6-14-11-10(12(19)15(6)2)13-5-16(11)9-3-7(18)8(4-17)20-9/h5,7-9,17-18H,3-4H2,1-2H3/t7-,8-,9-/m1/s1. The molecule has 0 radical (unpaired) electrons. The van der Waals surface area contributed by atoms with Crippen molar-refractivity contribution in [1.82, 2.24) is 19.1 Å². The fourth-order valence-electron chi connectivity index (χ4n) is 2.41. The molecule has 2 aromatic heterocycles. The average molecular weight is 280 g/mol. The fraction of sp³-hybridized carbons (Fsp3) is 0.583. The number of hydrogen-bond donors (Lipinski definition) is 2. The van der Waals surface area contributed by atoms with E-state index in [0.717, 1.165) is 0 Å². The van der Waals surface area contributed by atoms with Crippen molar-refractivity contribution in [3.63, 3.8) is 0 Å². The molecule has 0 amide bonds. The predicted molar refractivity (Wildman–Crippen MR) is 69.1 cm³/mol. The molecule has 2 N–H and O–H groups in total. The van der Waals surface area contributed by atoms with E-state index in [-0.39, 0.29) is 17.7 Å². The summed E-state index contributed by atoms with van der Waals surface area (Å²) in [6.45, 7) is 1.48. The lowest BCUT2D eigenvalue weighted by atomic mass is 10.2. The van der Waals surface area contributed by atoms with Gasteiger partial charge >= 0.3 is 0 Å². The molecule has 8 heteroatoms. The van der Waals surface area contributed by atoms with Gasteiger partial charge in [-0.2, -0.15) is 0 Å². The van der Waals surface area contributed by atoms with Gasteiger partial charge in [-0.25, -0.2) is 9.97 Å². The van der Waals surface area contributed by atoms with Gasteiger partial charge in [0.2, 0.25) is 0 Å². The third-order valence-electron chi connectivity index (χ3n) is 3.72. The molecular weight excluding hydrogens is 264 g/mol. The van der Waals surface area contributed by atoms with Crippen LogP contribution in [0.4, 0.5) is 0 Å². The molecule has 8 nitrogen and oxygen atoms in total. The number of aliphatic hydroxyl groups excluding tert-OH is 2. The van der Waals surface area contributed by atoms with Crippen molar-refractivity contribution in [1.29, 1.82) is 0 Å².